The van der Waals surface area contributed by atoms with Crippen molar-refractivity contribution in [3.05, 3.63) is 0 Å². The number of nitrogens with one attached hydrogen (secondary N) is 2. The zero-order valence-corrected chi connectivity index (χ0v) is 10.5. The van der Waals surface area contributed by atoms with E-state index in [0.29, 0.717) is 12.0 Å². The zero-order chi connectivity index (χ0) is 11.8. The molecule has 4 heteroatoms. The van der Waals surface area contributed by atoms with Gasteiger partial charge in [0.25, 0.3) is 0 Å². The molecule has 2 N–H and O–H groups in total. The number of fused-ring (bicyclic) bond motifs is 1. The molecule has 0 unspecified atom stereocenters. The summed E-state index contributed by atoms with van der Waals surface area (Å²) in [7, 11) is 0. The van der Waals surface area contributed by atoms with Gasteiger partial charge >= 0.3 is 6.03 Å². The van der Waals surface area contributed by atoms with Gasteiger partial charge in [0.15, 0.2) is 0 Å². The standard InChI is InChI=1S/C12H23N3O/c1-12(2,3)14-11(16)15-7-5-9-4-6-13-8-10(9)15/h9-10,13H,4-8H2,1-3H3,(H,14,16)/t9-,10-/m1/s1. The van der Waals surface area contributed by atoms with Crippen LogP contribution in [0.2, 0.25) is 0 Å². The van der Waals surface area contributed by atoms with Gasteiger partial charge in [-0.15, -0.1) is 0 Å². The number of rotatable bonds is 0. The SMILES string of the molecule is CC(C)(C)NC(=O)N1CC[C@H]2CCNC[C@H]21. The lowest BCUT2D eigenvalue weighted by Crippen LogP contribution is -2.54. The Balaban J connectivity index is 1.97. The van der Waals surface area contributed by atoms with Crippen LogP contribution < -0.4 is 10.6 Å². The first-order chi connectivity index (χ1) is 7.47. The van der Waals surface area contributed by atoms with E-state index in [4.69, 9.17) is 0 Å². The molecular weight excluding hydrogens is 202 g/mol. The Hall–Kier alpha value is -0.770. The van der Waals surface area contributed by atoms with Gasteiger partial charge in [-0.3, -0.25) is 0 Å². The third-order valence-electron chi connectivity index (χ3n) is 3.47. The van der Waals surface area contributed by atoms with Crippen molar-refractivity contribution in [1.29, 1.82) is 0 Å². The van der Waals surface area contributed by atoms with Crippen molar-refractivity contribution in [2.75, 3.05) is 19.6 Å². The first-order valence-corrected chi connectivity index (χ1v) is 6.27. The monoisotopic (exact) mass is 225 g/mol. The third kappa shape index (κ3) is 2.48. The molecule has 0 saturated carbocycles. The molecule has 2 atom stereocenters. The summed E-state index contributed by atoms with van der Waals surface area (Å²) in [5, 5.41) is 6.44. The van der Waals surface area contributed by atoms with E-state index in [1.807, 2.05) is 25.7 Å². The Kier molecular flexibility index (Phi) is 3.10. The average molecular weight is 225 g/mol. The smallest absolute Gasteiger partial charge is 0.318 e. The van der Waals surface area contributed by atoms with Crippen LogP contribution in [-0.2, 0) is 0 Å². The summed E-state index contributed by atoms with van der Waals surface area (Å²) >= 11 is 0. The molecule has 0 aromatic heterocycles. The second-order valence-corrected chi connectivity index (χ2v) is 5.98. The van der Waals surface area contributed by atoms with Gasteiger partial charge in [-0.05, 0) is 46.1 Å². The molecule has 4 nitrogen and oxygen atoms in total. The molecule has 2 heterocycles. The normalized spacial score (nSPS) is 30.1. The van der Waals surface area contributed by atoms with Gasteiger partial charge in [0.1, 0.15) is 0 Å². The maximum atomic E-state index is 12.1. The van der Waals surface area contributed by atoms with Gasteiger partial charge in [0.05, 0.1) is 0 Å². The first-order valence-electron chi connectivity index (χ1n) is 6.27. The molecule has 92 valence electrons. The zero-order valence-electron chi connectivity index (χ0n) is 10.5. The topological polar surface area (TPSA) is 44.4 Å². The number of carbonyl (C=O) groups excluding carboxylic acids is 1. The summed E-state index contributed by atoms with van der Waals surface area (Å²) in [4.78, 5) is 14.1. The number of amides is 2. The van der Waals surface area contributed by atoms with Gasteiger partial charge in [-0.1, -0.05) is 0 Å². The number of urea groups is 1. The van der Waals surface area contributed by atoms with Crippen LogP contribution in [0.1, 0.15) is 33.6 Å². The first kappa shape index (κ1) is 11.7. The van der Waals surface area contributed by atoms with E-state index in [9.17, 15) is 4.79 Å². The van der Waals surface area contributed by atoms with Crippen molar-refractivity contribution < 1.29 is 4.79 Å². The highest BCUT2D eigenvalue weighted by Gasteiger charge is 2.38. The Morgan fingerprint density at radius 2 is 2.12 bits per heavy atom. The number of carbonyl (C=O) groups is 1. The van der Waals surface area contributed by atoms with E-state index in [0.717, 1.165) is 19.6 Å². The largest absolute Gasteiger partial charge is 0.333 e. The Labute approximate surface area is 97.8 Å². The molecule has 0 spiro atoms. The predicted molar refractivity (Wildman–Crippen MR) is 64.4 cm³/mol. The van der Waals surface area contributed by atoms with Gasteiger partial charge in [0, 0.05) is 24.7 Å². The predicted octanol–water partition coefficient (Wildman–Crippen LogP) is 1.18. The lowest BCUT2D eigenvalue weighted by molar-refractivity contribution is 0.167. The number of hydrogen-bond donors (Lipinski definition) is 2. The van der Waals surface area contributed by atoms with E-state index in [2.05, 4.69) is 10.6 Å². The molecule has 2 rings (SSSR count). The number of nitrogens with zero attached hydrogens (tertiary/aromatic N) is 1. The van der Waals surface area contributed by atoms with Gasteiger partial charge in [-0.25, -0.2) is 4.79 Å². The maximum absolute atomic E-state index is 12.1. The molecule has 2 amide bonds. The molecule has 2 saturated heterocycles. The summed E-state index contributed by atoms with van der Waals surface area (Å²) in [6.45, 7) is 9.06. The fourth-order valence-electron chi connectivity index (χ4n) is 2.71. The highest BCUT2D eigenvalue weighted by atomic mass is 16.2. The minimum absolute atomic E-state index is 0.101. The Bertz CT molecular complexity index is 272. The lowest BCUT2D eigenvalue weighted by Gasteiger charge is -2.34. The van der Waals surface area contributed by atoms with Gasteiger partial charge < -0.3 is 15.5 Å². The van der Waals surface area contributed by atoms with Crippen molar-refractivity contribution in [1.82, 2.24) is 15.5 Å². The van der Waals surface area contributed by atoms with Crippen LogP contribution in [-0.4, -0.2) is 42.1 Å². The average Bonchev–Trinajstić information content (AvgIpc) is 2.58. The molecule has 16 heavy (non-hydrogen) atoms. The van der Waals surface area contributed by atoms with E-state index in [1.165, 1.54) is 12.8 Å². The van der Waals surface area contributed by atoms with Crippen LogP contribution >= 0.6 is 0 Å². The Morgan fingerprint density at radius 1 is 1.38 bits per heavy atom. The minimum Gasteiger partial charge on any atom is -0.333 e. The second-order valence-electron chi connectivity index (χ2n) is 5.98. The summed E-state index contributed by atoms with van der Waals surface area (Å²) in [5.74, 6) is 0.715. The number of likely N-dealkylation sites (tertiary alicyclic amines) is 1. The maximum Gasteiger partial charge on any atom is 0.318 e. The van der Waals surface area contributed by atoms with Crippen molar-refractivity contribution in [3.8, 4) is 0 Å². The highest BCUT2D eigenvalue weighted by molar-refractivity contribution is 5.75. The molecule has 0 radical (unpaired) electrons. The summed E-state index contributed by atoms with van der Waals surface area (Å²) in [5.41, 5.74) is -0.142. The second kappa shape index (κ2) is 4.24. The molecule has 0 aromatic rings. The molecule has 0 aliphatic carbocycles. The molecule has 0 aromatic carbocycles. The molecule has 2 aliphatic heterocycles. The summed E-state index contributed by atoms with van der Waals surface area (Å²) in [6.07, 6.45) is 2.38. The van der Waals surface area contributed by atoms with Crippen molar-refractivity contribution in [2.45, 2.75) is 45.2 Å². The minimum atomic E-state index is -0.142. The number of hydrogen-bond acceptors (Lipinski definition) is 2. The van der Waals surface area contributed by atoms with E-state index in [-0.39, 0.29) is 11.6 Å². The van der Waals surface area contributed by atoms with Crippen molar-refractivity contribution in [3.63, 3.8) is 0 Å². The summed E-state index contributed by atoms with van der Waals surface area (Å²) in [6, 6.07) is 0.514. The highest BCUT2D eigenvalue weighted by Crippen LogP contribution is 2.28. The van der Waals surface area contributed by atoms with Crippen LogP contribution in [0.5, 0.6) is 0 Å². The van der Waals surface area contributed by atoms with E-state index in [1.54, 1.807) is 0 Å². The quantitative estimate of drug-likeness (QED) is 0.650. The van der Waals surface area contributed by atoms with Crippen LogP contribution in [0.25, 0.3) is 0 Å². The van der Waals surface area contributed by atoms with Crippen LogP contribution in [0.15, 0.2) is 0 Å². The molecule has 2 aliphatic rings. The third-order valence-corrected chi connectivity index (χ3v) is 3.47. The number of piperidine rings is 1. The van der Waals surface area contributed by atoms with Crippen molar-refractivity contribution >= 4 is 6.03 Å². The molecule has 0 bridgehead atoms. The molecule has 2 fully saturated rings. The van der Waals surface area contributed by atoms with E-state index < -0.39 is 0 Å². The van der Waals surface area contributed by atoms with Crippen LogP contribution in [0, 0.1) is 5.92 Å². The lowest BCUT2D eigenvalue weighted by atomic mass is 9.93. The van der Waals surface area contributed by atoms with Gasteiger partial charge in [-0.2, -0.15) is 0 Å². The summed E-state index contributed by atoms with van der Waals surface area (Å²) < 4.78 is 0. The Morgan fingerprint density at radius 3 is 2.81 bits per heavy atom. The van der Waals surface area contributed by atoms with Crippen LogP contribution in [0.4, 0.5) is 4.79 Å². The van der Waals surface area contributed by atoms with Crippen LogP contribution in [0.3, 0.4) is 0 Å². The van der Waals surface area contributed by atoms with E-state index >= 15 is 0 Å². The van der Waals surface area contributed by atoms with Crippen molar-refractivity contribution in [2.24, 2.45) is 5.92 Å². The fraction of sp³-hybridized carbons (Fsp3) is 0.917. The molecular formula is C12H23N3O. The fourth-order valence-corrected chi connectivity index (χ4v) is 2.71. The van der Waals surface area contributed by atoms with Gasteiger partial charge in [0.2, 0.25) is 0 Å².